The third-order valence-corrected chi connectivity index (χ3v) is 3.07. The molecule has 20 heavy (non-hydrogen) atoms. The lowest BCUT2D eigenvalue weighted by Gasteiger charge is -2.10. The summed E-state index contributed by atoms with van der Waals surface area (Å²) in [7, 11) is 0. The third-order valence-electron chi connectivity index (χ3n) is 3.07. The highest BCUT2D eigenvalue weighted by Crippen LogP contribution is 2.30. The van der Waals surface area contributed by atoms with E-state index >= 15 is 0 Å². The molecule has 5 heteroatoms. The normalized spacial score (nSPS) is 10.9. The maximum Gasteiger partial charge on any atom is 0.146 e. The van der Waals surface area contributed by atoms with E-state index in [0.29, 0.717) is 18.0 Å². The zero-order chi connectivity index (χ0) is 14.1. The molecule has 0 aliphatic rings. The van der Waals surface area contributed by atoms with Crippen LogP contribution in [0.25, 0.3) is 16.7 Å². The SMILES string of the molecule is CCOc1cc(C)c(O)c(-n2nc3ccccc3n2)c1. The Hall–Kier alpha value is -2.56. The van der Waals surface area contributed by atoms with Crippen LogP contribution in [0, 0.1) is 6.92 Å². The summed E-state index contributed by atoms with van der Waals surface area (Å²) in [6.07, 6.45) is 0. The van der Waals surface area contributed by atoms with Crippen molar-refractivity contribution in [3.63, 3.8) is 0 Å². The molecule has 0 spiro atoms. The fourth-order valence-corrected chi connectivity index (χ4v) is 2.10. The van der Waals surface area contributed by atoms with E-state index in [1.807, 2.05) is 38.1 Å². The van der Waals surface area contributed by atoms with Gasteiger partial charge in [0, 0.05) is 6.07 Å². The van der Waals surface area contributed by atoms with Gasteiger partial charge >= 0.3 is 0 Å². The number of rotatable bonds is 3. The average molecular weight is 269 g/mol. The summed E-state index contributed by atoms with van der Waals surface area (Å²) in [5, 5.41) is 19.0. The number of phenols is 1. The second-order valence-electron chi connectivity index (χ2n) is 4.52. The van der Waals surface area contributed by atoms with E-state index in [0.717, 1.165) is 16.6 Å². The van der Waals surface area contributed by atoms with Gasteiger partial charge in [-0.2, -0.15) is 0 Å². The fourth-order valence-electron chi connectivity index (χ4n) is 2.10. The van der Waals surface area contributed by atoms with Gasteiger partial charge < -0.3 is 9.84 Å². The van der Waals surface area contributed by atoms with Gasteiger partial charge in [0.1, 0.15) is 28.2 Å². The maximum absolute atomic E-state index is 10.2. The van der Waals surface area contributed by atoms with Gasteiger partial charge in [-0.1, -0.05) is 12.1 Å². The summed E-state index contributed by atoms with van der Waals surface area (Å²) in [6, 6.07) is 11.1. The second kappa shape index (κ2) is 4.85. The number of aromatic hydroxyl groups is 1. The summed E-state index contributed by atoms with van der Waals surface area (Å²) < 4.78 is 5.50. The Labute approximate surface area is 116 Å². The summed E-state index contributed by atoms with van der Waals surface area (Å²) in [6.45, 7) is 4.31. The molecule has 102 valence electrons. The lowest BCUT2D eigenvalue weighted by Crippen LogP contribution is -2.01. The van der Waals surface area contributed by atoms with Gasteiger partial charge in [-0.25, -0.2) is 0 Å². The van der Waals surface area contributed by atoms with Gasteiger partial charge in [0.2, 0.25) is 0 Å². The molecule has 0 saturated heterocycles. The van der Waals surface area contributed by atoms with Gasteiger partial charge in [0.05, 0.1) is 6.61 Å². The quantitative estimate of drug-likeness (QED) is 0.794. The first kappa shape index (κ1) is 12.5. The summed E-state index contributed by atoms with van der Waals surface area (Å²) >= 11 is 0. The van der Waals surface area contributed by atoms with E-state index in [2.05, 4.69) is 10.2 Å². The molecule has 3 aromatic rings. The Morgan fingerprint density at radius 1 is 1.15 bits per heavy atom. The highest BCUT2D eigenvalue weighted by atomic mass is 16.5. The smallest absolute Gasteiger partial charge is 0.146 e. The molecule has 1 heterocycles. The largest absolute Gasteiger partial charge is 0.505 e. The van der Waals surface area contributed by atoms with Crippen molar-refractivity contribution >= 4 is 11.0 Å². The maximum atomic E-state index is 10.2. The monoisotopic (exact) mass is 269 g/mol. The number of hydrogen-bond donors (Lipinski definition) is 1. The van der Waals surface area contributed by atoms with E-state index in [1.54, 1.807) is 12.1 Å². The molecule has 5 nitrogen and oxygen atoms in total. The standard InChI is InChI=1S/C15H15N3O2/c1-3-20-11-8-10(2)15(19)14(9-11)18-16-12-6-4-5-7-13(12)17-18/h4-9,19H,3H2,1-2H3. The first-order valence-electron chi connectivity index (χ1n) is 6.48. The Balaban J connectivity index is 2.17. The van der Waals surface area contributed by atoms with Gasteiger partial charge in [0.25, 0.3) is 0 Å². The van der Waals surface area contributed by atoms with E-state index in [9.17, 15) is 5.11 Å². The van der Waals surface area contributed by atoms with Crippen molar-refractivity contribution in [3.8, 4) is 17.2 Å². The van der Waals surface area contributed by atoms with Crippen molar-refractivity contribution in [2.24, 2.45) is 0 Å². The van der Waals surface area contributed by atoms with Gasteiger partial charge in [-0.3, -0.25) is 0 Å². The number of nitrogens with zero attached hydrogens (tertiary/aromatic N) is 3. The van der Waals surface area contributed by atoms with Crippen LogP contribution in [0.2, 0.25) is 0 Å². The molecular formula is C15H15N3O2. The van der Waals surface area contributed by atoms with Crippen LogP contribution in [-0.2, 0) is 0 Å². The molecule has 0 amide bonds. The lowest BCUT2D eigenvalue weighted by molar-refractivity contribution is 0.338. The number of hydrogen-bond acceptors (Lipinski definition) is 4. The number of aromatic nitrogens is 3. The molecule has 1 N–H and O–H groups in total. The van der Waals surface area contributed by atoms with Gasteiger partial charge in [-0.15, -0.1) is 15.0 Å². The first-order valence-corrected chi connectivity index (χ1v) is 6.48. The number of phenolic OH excluding ortho intramolecular Hbond substituents is 1. The number of ether oxygens (including phenoxy) is 1. The van der Waals surface area contributed by atoms with Crippen LogP contribution in [0.15, 0.2) is 36.4 Å². The van der Waals surface area contributed by atoms with Crippen molar-refractivity contribution < 1.29 is 9.84 Å². The fraction of sp³-hybridized carbons (Fsp3) is 0.200. The minimum atomic E-state index is 0.161. The Kier molecular flexibility index (Phi) is 3.02. The minimum absolute atomic E-state index is 0.161. The van der Waals surface area contributed by atoms with Crippen LogP contribution in [-0.4, -0.2) is 26.7 Å². The number of aryl methyl sites for hydroxylation is 1. The molecule has 0 fully saturated rings. The molecule has 0 aliphatic carbocycles. The molecule has 0 bridgehead atoms. The van der Waals surface area contributed by atoms with Crippen LogP contribution in [0.1, 0.15) is 12.5 Å². The summed E-state index contributed by atoms with van der Waals surface area (Å²) in [4.78, 5) is 1.44. The van der Waals surface area contributed by atoms with Crippen LogP contribution >= 0.6 is 0 Å². The molecular weight excluding hydrogens is 254 g/mol. The zero-order valence-corrected chi connectivity index (χ0v) is 11.4. The van der Waals surface area contributed by atoms with E-state index in [4.69, 9.17) is 4.74 Å². The lowest BCUT2D eigenvalue weighted by atomic mass is 10.2. The van der Waals surface area contributed by atoms with Crippen molar-refractivity contribution in [2.75, 3.05) is 6.61 Å². The highest BCUT2D eigenvalue weighted by molar-refractivity contribution is 5.73. The van der Waals surface area contributed by atoms with Crippen molar-refractivity contribution in [1.29, 1.82) is 0 Å². The summed E-state index contributed by atoms with van der Waals surface area (Å²) in [5.74, 6) is 0.855. The van der Waals surface area contributed by atoms with Crippen molar-refractivity contribution in [1.82, 2.24) is 15.0 Å². The molecule has 0 saturated carbocycles. The molecule has 0 aliphatic heterocycles. The van der Waals surface area contributed by atoms with Crippen LogP contribution in [0.4, 0.5) is 0 Å². The van der Waals surface area contributed by atoms with Crippen LogP contribution < -0.4 is 4.74 Å². The number of benzene rings is 2. The van der Waals surface area contributed by atoms with E-state index in [1.165, 1.54) is 4.80 Å². The van der Waals surface area contributed by atoms with E-state index < -0.39 is 0 Å². The number of fused-ring (bicyclic) bond motifs is 1. The highest BCUT2D eigenvalue weighted by Gasteiger charge is 2.12. The van der Waals surface area contributed by atoms with Crippen molar-refractivity contribution in [2.45, 2.75) is 13.8 Å². The van der Waals surface area contributed by atoms with Crippen LogP contribution in [0.5, 0.6) is 11.5 Å². The molecule has 2 aromatic carbocycles. The molecule has 0 atom stereocenters. The average Bonchev–Trinajstić information content (AvgIpc) is 2.86. The topological polar surface area (TPSA) is 60.2 Å². The predicted octanol–water partition coefficient (Wildman–Crippen LogP) is 2.83. The van der Waals surface area contributed by atoms with Crippen LogP contribution in [0.3, 0.4) is 0 Å². The Morgan fingerprint density at radius 2 is 1.80 bits per heavy atom. The molecule has 3 rings (SSSR count). The molecule has 0 radical (unpaired) electrons. The predicted molar refractivity (Wildman–Crippen MR) is 76.4 cm³/mol. The second-order valence-corrected chi connectivity index (χ2v) is 4.52. The van der Waals surface area contributed by atoms with E-state index in [-0.39, 0.29) is 5.75 Å². The Bertz CT molecular complexity index is 732. The molecule has 1 aromatic heterocycles. The summed E-state index contributed by atoms with van der Waals surface area (Å²) in [5.41, 5.74) is 2.81. The first-order chi connectivity index (χ1) is 9.69. The Morgan fingerprint density at radius 3 is 2.40 bits per heavy atom. The van der Waals surface area contributed by atoms with Gasteiger partial charge in [-0.05, 0) is 37.6 Å². The van der Waals surface area contributed by atoms with Gasteiger partial charge in [0.15, 0.2) is 0 Å². The minimum Gasteiger partial charge on any atom is -0.505 e. The van der Waals surface area contributed by atoms with Crippen molar-refractivity contribution in [3.05, 3.63) is 42.0 Å². The zero-order valence-electron chi connectivity index (χ0n) is 11.4. The molecule has 0 unspecified atom stereocenters. The third kappa shape index (κ3) is 2.07.